The predicted molar refractivity (Wildman–Crippen MR) is 163 cm³/mol. The first-order chi connectivity index (χ1) is 20.4. The summed E-state index contributed by atoms with van der Waals surface area (Å²) in [5, 5.41) is 0. The van der Waals surface area contributed by atoms with Gasteiger partial charge in [0.1, 0.15) is 25.8 Å². The molecule has 0 aromatic heterocycles. The van der Waals surface area contributed by atoms with Crippen LogP contribution >= 0.6 is 0 Å². The van der Waals surface area contributed by atoms with E-state index in [2.05, 4.69) is 38.7 Å². The fourth-order valence-corrected chi connectivity index (χ4v) is 5.38. The van der Waals surface area contributed by atoms with Gasteiger partial charge in [-0.15, -0.1) is 0 Å². The van der Waals surface area contributed by atoms with Crippen LogP contribution < -0.4 is 0 Å². The third kappa shape index (κ3) is 12.9. The molecule has 0 saturated carbocycles. The second-order valence-electron chi connectivity index (χ2n) is 11.4. The summed E-state index contributed by atoms with van der Waals surface area (Å²) in [5.74, 6) is -0.0168. The van der Waals surface area contributed by atoms with Gasteiger partial charge in [-0.05, 0) is 51.4 Å². The Balaban J connectivity index is 1.84. The van der Waals surface area contributed by atoms with Crippen LogP contribution in [0.25, 0.3) is 0 Å². The Morgan fingerprint density at radius 2 is 1.88 bits per heavy atom. The molecule has 3 aliphatic heterocycles. The quantitative estimate of drug-likeness (QED) is 0.181. The van der Waals surface area contributed by atoms with Gasteiger partial charge in [0, 0.05) is 26.7 Å². The second-order valence-corrected chi connectivity index (χ2v) is 11.4. The SMILES string of the molecule is C=C1C[C@H](C)C[C@@H]2CC=C[C@@H](C/C=C/C(=O)O[C@H]([C@H](/C=C/[C@@H]3C=C(C)CCO3)OCOC)C/C=C/[C@@H](OCOC)C1)O2. The predicted octanol–water partition coefficient (Wildman–Crippen LogP) is 6.15. The number of hydrogen-bond donors (Lipinski definition) is 0. The summed E-state index contributed by atoms with van der Waals surface area (Å²) in [6.07, 6.45) is 21.3. The highest BCUT2D eigenvalue weighted by atomic mass is 16.7. The normalized spacial score (nSPS) is 32.4. The van der Waals surface area contributed by atoms with Crippen molar-refractivity contribution >= 4 is 5.97 Å². The molecule has 0 aromatic rings. The lowest BCUT2D eigenvalue weighted by molar-refractivity contribution is -0.154. The van der Waals surface area contributed by atoms with Gasteiger partial charge in [-0.2, -0.15) is 0 Å². The van der Waals surface area contributed by atoms with Crippen molar-refractivity contribution in [2.75, 3.05) is 34.4 Å². The molecular weight excluding hydrogens is 536 g/mol. The van der Waals surface area contributed by atoms with E-state index in [4.69, 9.17) is 33.2 Å². The fourth-order valence-electron chi connectivity index (χ4n) is 5.38. The minimum Gasteiger partial charge on any atom is -0.456 e. The molecule has 0 aliphatic carbocycles. The number of carbonyl (C=O) groups excluding carboxylic acids is 1. The first-order valence-electron chi connectivity index (χ1n) is 15.1. The third-order valence-electron chi connectivity index (χ3n) is 7.41. The number of fused-ring (bicyclic) bond motifs is 2. The molecule has 8 nitrogen and oxygen atoms in total. The Kier molecular flexibility index (Phi) is 15.5. The number of ether oxygens (including phenoxy) is 7. The Hall–Kier alpha value is -2.33. The van der Waals surface area contributed by atoms with E-state index < -0.39 is 18.2 Å². The fraction of sp³-hybridized carbons (Fsp3) is 0.618. The van der Waals surface area contributed by atoms with E-state index in [1.807, 2.05) is 30.4 Å². The van der Waals surface area contributed by atoms with Gasteiger partial charge in [-0.1, -0.05) is 73.3 Å². The van der Waals surface area contributed by atoms with Crippen LogP contribution in [0.4, 0.5) is 0 Å². The highest BCUT2D eigenvalue weighted by Crippen LogP contribution is 2.26. The molecule has 0 radical (unpaired) electrons. The van der Waals surface area contributed by atoms with Crippen molar-refractivity contribution in [3.05, 3.63) is 72.4 Å². The molecule has 0 aromatic carbocycles. The van der Waals surface area contributed by atoms with Crippen LogP contribution in [0.3, 0.4) is 0 Å². The van der Waals surface area contributed by atoms with Crippen LogP contribution in [0.15, 0.2) is 72.4 Å². The van der Waals surface area contributed by atoms with E-state index >= 15 is 0 Å². The Labute approximate surface area is 252 Å². The van der Waals surface area contributed by atoms with Gasteiger partial charge in [0.05, 0.1) is 31.0 Å². The van der Waals surface area contributed by atoms with Crippen molar-refractivity contribution in [1.29, 1.82) is 0 Å². The zero-order valence-electron chi connectivity index (χ0n) is 25.8. The molecule has 0 fully saturated rings. The molecule has 3 heterocycles. The first-order valence-corrected chi connectivity index (χ1v) is 15.1. The first kappa shape index (κ1) is 34.2. The van der Waals surface area contributed by atoms with Crippen molar-refractivity contribution in [2.45, 2.75) is 95.4 Å². The average molecular weight is 587 g/mol. The van der Waals surface area contributed by atoms with Crippen LogP contribution in [0.1, 0.15) is 58.8 Å². The minimum absolute atomic E-state index is 0.0487. The number of methoxy groups -OCH3 is 2. The zero-order chi connectivity index (χ0) is 30.2. The summed E-state index contributed by atoms with van der Waals surface area (Å²) in [6, 6.07) is 0. The average Bonchev–Trinajstić information content (AvgIpc) is 2.95. The maximum absolute atomic E-state index is 13.0. The van der Waals surface area contributed by atoms with Crippen LogP contribution in [0, 0.1) is 5.92 Å². The van der Waals surface area contributed by atoms with Crippen LogP contribution in [0.2, 0.25) is 0 Å². The molecule has 3 rings (SSSR count). The lowest BCUT2D eigenvalue weighted by atomic mass is 9.91. The minimum atomic E-state index is -0.612. The highest BCUT2D eigenvalue weighted by molar-refractivity contribution is 5.82. The maximum Gasteiger partial charge on any atom is 0.330 e. The standard InChI is InChI=1S/C34H50O8/c1-25-17-18-38-30(20-25)15-16-32(40-24-37-5)33-13-7-11-29(39-23-36-4)21-26(2)19-27(3)22-31-12-6-9-28(41-31)10-8-14-34(35)42-33/h6-9,11,14-16,20,27-33H,2,10,12-13,17-19,21-24H2,1,3-5H3/b11-7+,14-8+,16-15+/t27-,28-,29+,30+,31-,32-,33-/m0/s1. The Bertz CT molecular complexity index is 980. The maximum atomic E-state index is 13.0. The van der Waals surface area contributed by atoms with Crippen LogP contribution in [-0.2, 0) is 38.0 Å². The van der Waals surface area contributed by atoms with Crippen LogP contribution in [-0.4, -0.2) is 77.0 Å². The summed E-state index contributed by atoms with van der Waals surface area (Å²) in [5.41, 5.74) is 2.39. The summed E-state index contributed by atoms with van der Waals surface area (Å²) in [6.45, 7) is 9.57. The highest BCUT2D eigenvalue weighted by Gasteiger charge is 2.25. The summed E-state index contributed by atoms with van der Waals surface area (Å²) in [4.78, 5) is 13.0. The summed E-state index contributed by atoms with van der Waals surface area (Å²) >= 11 is 0. The van der Waals surface area contributed by atoms with Gasteiger partial charge in [0.25, 0.3) is 0 Å². The second kappa shape index (κ2) is 19.1. The number of esters is 1. The van der Waals surface area contributed by atoms with Gasteiger partial charge in [-0.3, -0.25) is 0 Å². The van der Waals surface area contributed by atoms with Gasteiger partial charge < -0.3 is 33.2 Å². The summed E-state index contributed by atoms with van der Waals surface area (Å²) in [7, 11) is 3.17. The van der Waals surface area contributed by atoms with Crippen molar-refractivity contribution in [1.82, 2.24) is 0 Å². The number of carbonyl (C=O) groups is 1. The van der Waals surface area contributed by atoms with Gasteiger partial charge in [0.2, 0.25) is 0 Å². The van der Waals surface area contributed by atoms with E-state index in [0.717, 1.165) is 31.3 Å². The molecular formula is C34H50O8. The number of rotatable bonds is 9. The molecule has 2 bridgehead atoms. The lowest BCUT2D eigenvalue weighted by Crippen LogP contribution is -2.33. The number of cyclic esters (lactones) is 1. The monoisotopic (exact) mass is 586 g/mol. The van der Waals surface area contributed by atoms with Gasteiger partial charge >= 0.3 is 5.97 Å². The van der Waals surface area contributed by atoms with E-state index in [0.29, 0.717) is 31.8 Å². The van der Waals surface area contributed by atoms with Gasteiger partial charge in [0.15, 0.2) is 0 Å². The Morgan fingerprint density at radius 1 is 1.07 bits per heavy atom. The molecule has 0 saturated heterocycles. The largest absolute Gasteiger partial charge is 0.456 e. The molecule has 42 heavy (non-hydrogen) atoms. The van der Waals surface area contributed by atoms with E-state index in [-0.39, 0.29) is 38.0 Å². The summed E-state index contributed by atoms with van der Waals surface area (Å²) < 4.78 is 40.5. The van der Waals surface area contributed by atoms with Crippen molar-refractivity contribution in [2.24, 2.45) is 5.92 Å². The molecule has 3 aliphatic rings. The van der Waals surface area contributed by atoms with Gasteiger partial charge in [-0.25, -0.2) is 4.79 Å². The molecule has 0 spiro atoms. The van der Waals surface area contributed by atoms with E-state index in [9.17, 15) is 4.79 Å². The molecule has 0 N–H and O–H groups in total. The molecule has 0 amide bonds. The third-order valence-corrected chi connectivity index (χ3v) is 7.41. The lowest BCUT2D eigenvalue weighted by Gasteiger charge is -2.28. The topological polar surface area (TPSA) is 81.7 Å². The molecule has 234 valence electrons. The zero-order valence-corrected chi connectivity index (χ0v) is 25.8. The van der Waals surface area contributed by atoms with Crippen molar-refractivity contribution < 1.29 is 38.0 Å². The molecule has 8 heteroatoms. The van der Waals surface area contributed by atoms with E-state index in [1.54, 1.807) is 14.2 Å². The van der Waals surface area contributed by atoms with E-state index in [1.165, 1.54) is 11.6 Å². The smallest absolute Gasteiger partial charge is 0.330 e. The van der Waals surface area contributed by atoms with Crippen LogP contribution in [0.5, 0.6) is 0 Å². The van der Waals surface area contributed by atoms with Crippen molar-refractivity contribution in [3.8, 4) is 0 Å². The van der Waals surface area contributed by atoms with Crippen molar-refractivity contribution in [3.63, 3.8) is 0 Å². The molecule has 7 atom stereocenters. The number of hydrogen-bond acceptors (Lipinski definition) is 8. The Morgan fingerprint density at radius 3 is 2.67 bits per heavy atom. The molecule has 0 unspecified atom stereocenters.